The van der Waals surface area contributed by atoms with Crippen LogP contribution in [0.5, 0.6) is 0 Å². The second kappa shape index (κ2) is 4.42. The summed E-state index contributed by atoms with van der Waals surface area (Å²) in [7, 11) is 1.94. The van der Waals surface area contributed by atoms with Gasteiger partial charge in [-0.3, -0.25) is 4.68 Å². The fourth-order valence-electron chi connectivity index (χ4n) is 1.27. The molecule has 2 N–H and O–H groups in total. The van der Waals surface area contributed by atoms with E-state index in [4.69, 9.17) is 5.73 Å². The minimum atomic E-state index is 0.306. The standard InChI is InChI=1S/C10H19N3/c1-8(2)10(11)5-4-9-6-12-13(3)7-9/h6-8,10H,4-5,11H2,1-3H3. The van der Waals surface area contributed by atoms with Gasteiger partial charge in [0.05, 0.1) is 6.20 Å². The van der Waals surface area contributed by atoms with E-state index in [1.165, 1.54) is 5.56 Å². The van der Waals surface area contributed by atoms with Gasteiger partial charge >= 0.3 is 0 Å². The van der Waals surface area contributed by atoms with Gasteiger partial charge < -0.3 is 5.73 Å². The maximum atomic E-state index is 5.94. The highest BCUT2D eigenvalue weighted by molar-refractivity contribution is 5.03. The van der Waals surface area contributed by atoms with Crippen LogP contribution in [0.3, 0.4) is 0 Å². The molecule has 1 aromatic rings. The van der Waals surface area contributed by atoms with E-state index >= 15 is 0 Å². The summed E-state index contributed by atoms with van der Waals surface area (Å²) >= 11 is 0. The number of hydrogen-bond acceptors (Lipinski definition) is 2. The van der Waals surface area contributed by atoms with Crippen LogP contribution in [0.2, 0.25) is 0 Å². The molecule has 74 valence electrons. The summed E-state index contributed by atoms with van der Waals surface area (Å²) in [6.45, 7) is 4.32. The smallest absolute Gasteiger partial charge is 0.0521 e. The molecule has 0 aliphatic heterocycles. The van der Waals surface area contributed by atoms with Crippen LogP contribution in [0.1, 0.15) is 25.8 Å². The molecule has 1 heterocycles. The van der Waals surface area contributed by atoms with E-state index in [0.717, 1.165) is 12.8 Å². The van der Waals surface area contributed by atoms with Crippen LogP contribution in [0.15, 0.2) is 12.4 Å². The van der Waals surface area contributed by atoms with Crippen molar-refractivity contribution < 1.29 is 0 Å². The van der Waals surface area contributed by atoms with Crippen LogP contribution in [0.25, 0.3) is 0 Å². The molecule has 3 nitrogen and oxygen atoms in total. The van der Waals surface area contributed by atoms with Crippen LogP contribution in [0, 0.1) is 5.92 Å². The maximum Gasteiger partial charge on any atom is 0.0521 e. The fourth-order valence-corrected chi connectivity index (χ4v) is 1.27. The molecule has 1 aromatic heterocycles. The van der Waals surface area contributed by atoms with Crippen molar-refractivity contribution in [2.45, 2.75) is 32.7 Å². The zero-order chi connectivity index (χ0) is 9.84. The van der Waals surface area contributed by atoms with Gasteiger partial charge in [-0.2, -0.15) is 5.10 Å². The Balaban J connectivity index is 2.35. The lowest BCUT2D eigenvalue weighted by Crippen LogP contribution is -2.26. The minimum absolute atomic E-state index is 0.306. The van der Waals surface area contributed by atoms with E-state index < -0.39 is 0 Å². The third-order valence-electron chi connectivity index (χ3n) is 2.38. The van der Waals surface area contributed by atoms with Crippen molar-refractivity contribution in [3.8, 4) is 0 Å². The molecule has 0 saturated carbocycles. The van der Waals surface area contributed by atoms with Gasteiger partial charge in [-0.05, 0) is 24.3 Å². The van der Waals surface area contributed by atoms with Gasteiger partial charge in [-0.15, -0.1) is 0 Å². The summed E-state index contributed by atoms with van der Waals surface area (Å²) in [4.78, 5) is 0. The Hall–Kier alpha value is -0.830. The zero-order valence-corrected chi connectivity index (χ0v) is 8.70. The van der Waals surface area contributed by atoms with Gasteiger partial charge in [0.1, 0.15) is 0 Å². The summed E-state index contributed by atoms with van der Waals surface area (Å²) in [5.74, 6) is 0.566. The number of aromatic nitrogens is 2. The Labute approximate surface area is 79.9 Å². The third-order valence-corrected chi connectivity index (χ3v) is 2.38. The Morgan fingerprint density at radius 3 is 2.69 bits per heavy atom. The lowest BCUT2D eigenvalue weighted by molar-refractivity contribution is 0.464. The monoisotopic (exact) mass is 181 g/mol. The first-order valence-electron chi connectivity index (χ1n) is 4.82. The normalized spacial score (nSPS) is 13.6. The highest BCUT2D eigenvalue weighted by atomic mass is 15.2. The molecule has 1 atom stereocenters. The molecule has 0 radical (unpaired) electrons. The van der Waals surface area contributed by atoms with Gasteiger partial charge in [0.15, 0.2) is 0 Å². The fraction of sp³-hybridized carbons (Fsp3) is 0.700. The molecule has 0 saturated heterocycles. The topological polar surface area (TPSA) is 43.8 Å². The van der Waals surface area contributed by atoms with Gasteiger partial charge in [0.25, 0.3) is 0 Å². The van der Waals surface area contributed by atoms with Crippen molar-refractivity contribution in [1.29, 1.82) is 0 Å². The number of rotatable bonds is 4. The van der Waals surface area contributed by atoms with Crippen molar-refractivity contribution >= 4 is 0 Å². The van der Waals surface area contributed by atoms with Gasteiger partial charge in [0.2, 0.25) is 0 Å². The van der Waals surface area contributed by atoms with Gasteiger partial charge in [-0.1, -0.05) is 13.8 Å². The average Bonchev–Trinajstić information content (AvgIpc) is 2.47. The van der Waals surface area contributed by atoms with Crippen molar-refractivity contribution in [2.24, 2.45) is 18.7 Å². The second-order valence-corrected chi connectivity index (χ2v) is 3.97. The molecule has 3 heteroatoms. The first-order valence-corrected chi connectivity index (χ1v) is 4.82. The van der Waals surface area contributed by atoms with Gasteiger partial charge in [-0.25, -0.2) is 0 Å². The molecule has 0 fully saturated rings. The predicted molar refractivity (Wildman–Crippen MR) is 54.3 cm³/mol. The number of aryl methyl sites for hydroxylation is 2. The molecular weight excluding hydrogens is 162 g/mol. The Bertz CT molecular complexity index is 252. The molecule has 0 aliphatic carbocycles. The maximum absolute atomic E-state index is 5.94. The van der Waals surface area contributed by atoms with Gasteiger partial charge in [0, 0.05) is 19.3 Å². The van der Waals surface area contributed by atoms with Crippen LogP contribution >= 0.6 is 0 Å². The van der Waals surface area contributed by atoms with Crippen molar-refractivity contribution in [3.05, 3.63) is 18.0 Å². The molecule has 1 rings (SSSR count). The number of nitrogens with zero attached hydrogens (tertiary/aromatic N) is 2. The predicted octanol–water partition coefficient (Wildman–Crippen LogP) is 1.34. The average molecular weight is 181 g/mol. The van der Waals surface area contributed by atoms with E-state index in [0.29, 0.717) is 12.0 Å². The summed E-state index contributed by atoms with van der Waals surface area (Å²) < 4.78 is 1.83. The summed E-state index contributed by atoms with van der Waals surface area (Å²) in [6, 6.07) is 0.306. The van der Waals surface area contributed by atoms with E-state index in [1.807, 2.05) is 24.1 Å². The van der Waals surface area contributed by atoms with Crippen molar-refractivity contribution in [2.75, 3.05) is 0 Å². The molecule has 1 unspecified atom stereocenters. The van der Waals surface area contributed by atoms with E-state index in [1.54, 1.807) is 0 Å². The SMILES string of the molecule is CC(C)C(N)CCc1cnn(C)c1. The number of hydrogen-bond donors (Lipinski definition) is 1. The van der Waals surface area contributed by atoms with Crippen LogP contribution in [-0.2, 0) is 13.5 Å². The first kappa shape index (κ1) is 10.3. The van der Waals surface area contributed by atoms with E-state index in [9.17, 15) is 0 Å². The number of nitrogens with two attached hydrogens (primary N) is 1. The van der Waals surface area contributed by atoms with E-state index in [-0.39, 0.29) is 0 Å². The highest BCUT2D eigenvalue weighted by Crippen LogP contribution is 2.08. The first-order chi connectivity index (χ1) is 6.09. The molecule has 0 spiro atoms. The summed E-state index contributed by atoms with van der Waals surface area (Å²) in [6.07, 6.45) is 6.04. The summed E-state index contributed by atoms with van der Waals surface area (Å²) in [5, 5.41) is 4.12. The summed E-state index contributed by atoms with van der Waals surface area (Å²) in [5.41, 5.74) is 7.22. The third kappa shape index (κ3) is 3.19. The highest BCUT2D eigenvalue weighted by Gasteiger charge is 2.07. The molecule has 0 bridgehead atoms. The second-order valence-electron chi connectivity index (χ2n) is 3.97. The van der Waals surface area contributed by atoms with Crippen LogP contribution < -0.4 is 5.73 Å². The lowest BCUT2D eigenvalue weighted by atomic mass is 9.99. The Kier molecular flexibility index (Phi) is 3.48. The molecule has 0 aliphatic rings. The van der Waals surface area contributed by atoms with Crippen molar-refractivity contribution in [3.63, 3.8) is 0 Å². The minimum Gasteiger partial charge on any atom is -0.327 e. The largest absolute Gasteiger partial charge is 0.327 e. The quantitative estimate of drug-likeness (QED) is 0.761. The zero-order valence-electron chi connectivity index (χ0n) is 8.70. The molecule has 0 amide bonds. The van der Waals surface area contributed by atoms with E-state index in [2.05, 4.69) is 18.9 Å². The van der Waals surface area contributed by atoms with Crippen molar-refractivity contribution in [1.82, 2.24) is 9.78 Å². The molecule has 13 heavy (non-hydrogen) atoms. The molecule has 0 aromatic carbocycles. The Morgan fingerprint density at radius 1 is 1.54 bits per heavy atom. The van der Waals surface area contributed by atoms with Crippen LogP contribution in [0.4, 0.5) is 0 Å². The molecular formula is C10H19N3. The van der Waals surface area contributed by atoms with Crippen LogP contribution in [-0.4, -0.2) is 15.8 Å². The lowest BCUT2D eigenvalue weighted by Gasteiger charge is -2.14. The Morgan fingerprint density at radius 2 is 2.23 bits per heavy atom.